The number of aryl methyl sites for hydroxylation is 1. The van der Waals surface area contributed by atoms with Gasteiger partial charge in [-0.15, -0.1) is 0 Å². The first-order chi connectivity index (χ1) is 14.3. The standard InChI is InChI=1S/C22H19IN2O5/c1-4-9-30-19-17(23)11-14(12-18(19)29-3)10-16-20(26)24-22(28)25(21(16)27)15-7-5-13(2)6-8-15/h4-8,10-12H,1,9H2,2-3H3,(H,24,26,28)/b16-10-. The summed E-state index contributed by atoms with van der Waals surface area (Å²) in [5, 5.41) is 2.22. The summed E-state index contributed by atoms with van der Waals surface area (Å²) in [6, 6.07) is 9.49. The van der Waals surface area contributed by atoms with Gasteiger partial charge in [0.05, 0.1) is 16.4 Å². The molecule has 0 saturated carbocycles. The van der Waals surface area contributed by atoms with Crippen molar-refractivity contribution in [3.8, 4) is 11.5 Å². The van der Waals surface area contributed by atoms with Gasteiger partial charge in [0, 0.05) is 0 Å². The van der Waals surface area contributed by atoms with Crippen molar-refractivity contribution in [3.05, 3.63) is 69.3 Å². The minimum Gasteiger partial charge on any atom is -0.493 e. The Morgan fingerprint density at radius 3 is 2.50 bits per heavy atom. The quantitative estimate of drug-likeness (QED) is 0.272. The van der Waals surface area contributed by atoms with Gasteiger partial charge in [0.25, 0.3) is 11.8 Å². The zero-order valence-electron chi connectivity index (χ0n) is 16.4. The van der Waals surface area contributed by atoms with Gasteiger partial charge in [0.15, 0.2) is 11.5 Å². The summed E-state index contributed by atoms with van der Waals surface area (Å²) in [5.74, 6) is -0.468. The van der Waals surface area contributed by atoms with E-state index in [1.54, 1.807) is 42.5 Å². The lowest BCUT2D eigenvalue weighted by molar-refractivity contribution is -0.122. The molecule has 1 aliphatic rings. The molecule has 1 N–H and O–H groups in total. The lowest BCUT2D eigenvalue weighted by atomic mass is 10.1. The molecule has 1 fully saturated rings. The van der Waals surface area contributed by atoms with Crippen LogP contribution >= 0.6 is 22.6 Å². The SMILES string of the molecule is C=CCOc1c(I)cc(/C=C2/C(=O)NC(=O)N(c3ccc(C)cc3)C2=O)cc1OC. The molecule has 4 amide bonds. The Morgan fingerprint density at radius 1 is 1.17 bits per heavy atom. The maximum Gasteiger partial charge on any atom is 0.335 e. The zero-order valence-corrected chi connectivity index (χ0v) is 18.6. The molecule has 0 bridgehead atoms. The number of halogens is 1. The van der Waals surface area contributed by atoms with Crippen molar-refractivity contribution >= 4 is 52.2 Å². The topological polar surface area (TPSA) is 84.9 Å². The highest BCUT2D eigenvalue weighted by Crippen LogP contribution is 2.35. The van der Waals surface area contributed by atoms with Crippen LogP contribution in [0.3, 0.4) is 0 Å². The average Bonchev–Trinajstić information content (AvgIpc) is 2.71. The molecule has 3 rings (SSSR count). The van der Waals surface area contributed by atoms with Gasteiger partial charge in [-0.05, 0) is 65.4 Å². The van der Waals surface area contributed by atoms with Crippen LogP contribution in [0.15, 0.2) is 54.6 Å². The molecule has 7 nitrogen and oxygen atoms in total. The normalized spacial score (nSPS) is 15.2. The number of carbonyl (C=O) groups excluding carboxylic acids is 3. The van der Waals surface area contributed by atoms with Gasteiger partial charge in [0.2, 0.25) is 0 Å². The molecule has 8 heteroatoms. The van der Waals surface area contributed by atoms with Crippen molar-refractivity contribution in [1.29, 1.82) is 0 Å². The molecule has 1 saturated heterocycles. The predicted octanol–water partition coefficient (Wildman–Crippen LogP) is 3.84. The number of anilines is 1. The van der Waals surface area contributed by atoms with Crippen LogP contribution in [0.5, 0.6) is 11.5 Å². The third-order valence-electron chi connectivity index (χ3n) is 4.30. The molecule has 0 aromatic heterocycles. The van der Waals surface area contributed by atoms with Gasteiger partial charge in [-0.1, -0.05) is 30.4 Å². The summed E-state index contributed by atoms with van der Waals surface area (Å²) in [4.78, 5) is 38.6. The summed E-state index contributed by atoms with van der Waals surface area (Å²) in [6.07, 6.45) is 3.04. The Morgan fingerprint density at radius 2 is 1.87 bits per heavy atom. The van der Waals surface area contributed by atoms with E-state index < -0.39 is 17.8 Å². The van der Waals surface area contributed by atoms with Crippen molar-refractivity contribution in [2.24, 2.45) is 0 Å². The number of carbonyl (C=O) groups is 3. The van der Waals surface area contributed by atoms with Crippen LogP contribution in [-0.4, -0.2) is 31.6 Å². The minimum atomic E-state index is -0.786. The fourth-order valence-corrected chi connectivity index (χ4v) is 3.64. The molecular weight excluding hydrogens is 499 g/mol. The molecule has 0 atom stereocenters. The molecule has 1 heterocycles. The highest BCUT2D eigenvalue weighted by atomic mass is 127. The van der Waals surface area contributed by atoms with Crippen molar-refractivity contribution < 1.29 is 23.9 Å². The number of rotatable bonds is 6. The van der Waals surface area contributed by atoms with Gasteiger partial charge in [0.1, 0.15) is 12.2 Å². The Kier molecular flexibility index (Phi) is 6.56. The first-order valence-electron chi connectivity index (χ1n) is 8.95. The van der Waals surface area contributed by atoms with Crippen LogP contribution in [0.1, 0.15) is 11.1 Å². The first-order valence-corrected chi connectivity index (χ1v) is 10.0. The number of imide groups is 2. The average molecular weight is 518 g/mol. The van der Waals surface area contributed by atoms with E-state index in [-0.39, 0.29) is 5.57 Å². The van der Waals surface area contributed by atoms with Crippen LogP contribution in [0.2, 0.25) is 0 Å². The van der Waals surface area contributed by atoms with E-state index in [4.69, 9.17) is 9.47 Å². The number of amides is 4. The fraction of sp³-hybridized carbons (Fsp3) is 0.136. The number of nitrogens with one attached hydrogen (secondary N) is 1. The number of urea groups is 1. The summed E-state index contributed by atoms with van der Waals surface area (Å²) in [6.45, 7) is 5.83. The van der Waals surface area contributed by atoms with Crippen molar-refractivity contribution in [1.82, 2.24) is 5.32 Å². The van der Waals surface area contributed by atoms with Crippen LogP contribution < -0.4 is 19.7 Å². The molecule has 2 aromatic carbocycles. The first kappa shape index (κ1) is 21.6. The molecule has 154 valence electrons. The van der Waals surface area contributed by atoms with Crippen LogP contribution in [0.4, 0.5) is 10.5 Å². The van der Waals surface area contributed by atoms with E-state index in [1.165, 1.54) is 13.2 Å². The van der Waals surface area contributed by atoms with E-state index in [0.717, 1.165) is 14.0 Å². The van der Waals surface area contributed by atoms with E-state index in [0.29, 0.717) is 29.4 Å². The number of methoxy groups -OCH3 is 1. The molecule has 1 aliphatic heterocycles. The Hall–Kier alpha value is -3.14. The predicted molar refractivity (Wildman–Crippen MR) is 122 cm³/mol. The third-order valence-corrected chi connectivity index (χ3v) is 5.10. The number of benzene rings is 2. The van der Waals surface area contributed by atoms with Gasteiger partial charge >= 0.3 is 6.03 Å². The van der Waals surface area contributed by atoms with Crippen LogP contribution in [0.25, 0.3) is 6.08 Å². The Bertz CT molecular complexity index is 1060. The maximum atomic E-state index is 13.0. The van der Waals surface area contributed by atoms with Gasteiger partial charge in [-0.25, -0.2) is 9.69 Å². The minimum absolute atomic E-state index is 0.159. The maximum absolute atomic E-state index is 13.0. The second-order valence-electron chi connectivity index (χ2n) is 6.43. The van der Waals surface area contributed by atoms with E-state index in [1.807, 2.05) is 6.92 Å². The van der Waals surface area contributed by atoms with Gasteiger partial charge in [-0.3, -0.25) is 14.9 Å². The number of hydrogen-bond donors (Lipinski definition) is 1. The summed E-state index contributed by atoms with van der Waals surface area (Å²) >= 11 is 2.08. The summed E-state index contributed by atoms with van der Waals surface area (Å²) < 4.78 is 11.7. The number of nitrogens with zero attached hydrogens (tertiary/aromatic N) is 1. The van der Waals surface area contributed by atoms with Crippen molar-refractivity contribution in [2.45, 2.75) is 6.92 Å². The smallest absolute Gasteiger partial charge is 0.335 e. The monoisotopic (exact) mass is 518 g/mol. The molecule has 2 aromatic rings. The lowest BCUT2D eigenvalue weighted by Gasteiger charge is -2.26. The van der Waals surface area contributed by atoms with Crippen molar-refractivity contribution in [2.75, 3.05) is 18.6 Å². The van der Waals surface area contributed by atoms with Gasteiger partial charge in [-0.2, -0.15) is 0 Å². The van der Waals surface area contributed by atoms with Crippen LogP contribution in [-0.2, 0) is 9.59 Å². The zero-order chi connectivity index (χ0) is 21.8. The lowest BCUT2D eigenvalue weighted by Crippen LogP contribution is -2.54. The number of hydrogen-bond acceptors (Lipinski definition) is 5. The Balaban J connectivity index is 2.01. The van der Waals surface area contributed by atoms with E-state index in [2.05, 4.69) is 34.5 Å². The second kappa shape index (κ2) is 9.12. The second-order valence-corrected chi connectivity index (χ2v) is 7.59. The molecular formula is C22H19IN2O5. The molecule has 0 unspecified atom stereocenters. The highest BCUT2D eigenvalue weighted by Gasteiger charge is 2.36. The van der Waals surface area contributed by atoms with Gasteiger partial charge < -0.3 is 9.47 Å². The highest BCUT2D eigenvalue weighted by molar-refractivity contribution is 14.1. The number of barbiturate groups is 1. The van der Waals surface area contributed by atoms with Crippen LogP contribution in [0, 0.1) is 10.5 Å². The molecule has 30 heavy (non-hydrogen) atoms. The molecule has 0 radical (unpaired) electrons. The third kappa shape index (κ3) is 4.38. The summed E-state index contributed by atoms with van der Waals surface area (Å²) in [7, 11) is 1.50. The molecule has 0 aliphatic carbocycles. The van der Waals surface area contributed by atoms with Crippen molar-refractivity contribution in [3.63, 3.8) is 0 Å². The number of ether oxygens (including phenoxy) is 2. The fourth-order valence-electron chi connectivity index (χ4n) is 2.86. The van der Waals surface area contributed by atoms with E-state index >= 15 is 0 Å². The largest absolute Gasteiger partial charge is 0.493 e. The Labute approximate surface area is 187 Å². The molecule has 0 spiro atoms. The summed E-state index contributed by atoms with van der Waals surface area (Å²) in [5.41, 5.74) is 1.75. The van der Waals surface area contributed by atoms with E-state index in [9.17, 15) is 14.4 Å².